The number of amides is 1. The summed E-state index contributed by atoms with van der Waals surface area (Å²) in [6.07, 6.45) is 1.58. The average Bonchev–Trinajstić information content (AvgIpc) is 3.26. The molecule has 9 nitrogen and oxygen atoms in total. The standard InChI is InChI=1S/C25H19N5O4/c1-14-21(22(30-34-14)15-6-4-3-5-7-15)24(32)27-20-11-10-19(28-25(20)33-2)16-8-9-18-17(12-16)13-26-29-23(18)31/h3-13H,1-2H3,(H,27,32)(H,29,31). The lowest BCUT2D eigenvalue weighted by Crippen LogP contribution is -2.14. The van der Waals surface area contributed by atoms with Gasteiger partial charge < -0.3 is 14.6 Å². The van der Waals surface area contributed by atoms with E-state index in [1.54, 1.807) is 37.4 Å². The van der Waals surface area contributed by atoms with Gasteiger partial charge in [0.05, 0.1) is 24.4 Å². The van der Waals surface area contributed by atoms with E-state index in [0.29, 0.717) is 39.2 Å². The molecule has 168 valence electrons. The maximum Gasteiger partial charge on any atom is 0.272 e. The van der Waals surface area contributed by atoms with Crippen LogP contribution >= 0.6 is 0 Å². The zero-order valence-corrected chi connectivity index (χ0v) is 18.3. The van der Waals surface area contributed by atoms with Gasteiger partial charge in [0, 0.05) is 16.5 Å². The number of benzene rings is 2. The minimum absolute atomic E-state index is 0.241. The number of aromatic amines is 1. The molecule has 0 saturated carbocycles. The first-order valence-electron chi connectivity index (χ1n) is 10.4. The summed E-state index contributed by atoms with van der Waals surface area (Å²) in [4.78, 5) is 29.6. The van der Waals surface area contributed by atoms with Crippen molar-refractivity contribution in [3.8, 4) is 28.4 Å². The van der Waals surface area contributed by atoms with Crippen molar-refractivity contribution in [2.75, 3.05) is 12.4 Å². The van der Waals surface area contributed by atoms with Crippen LogP contribution in [0.4, 0.5) is 5.69 Å². The molecule has 5 rings (SSSR count). The molecule has 5 aromatic rings. The molecule has 0 aliphatic heterocycles. The van der Waals surface area contributed by atoms with Crippen molar-refractivity contribution >= 4 is 22.4 Å². The van der Waals surface area contributed by atoms with Crippen LogP contribution in [0, 0.1) is 6.92 Å². The van der Waals surface area contributed by atoms with E-state index in [1.807, 2.05) is 36.4 Å². The van der Waals surface area contributed by atoms with Crippen LogP contribution in [-0.2, 0) is 0 Å². The van der Waals surface area contributed by atoms with E-state index in [4.69, 9.17) is 9.26 Å². The minimum Gasteiger partial charge on any atom is -0.479 e. The highest BCUT2D eigenvalue weighted by atomic mass is 16.5. The molecule has 9 heteroatoms. The Morgan fingerprint density at radius 3 is 2.68 bits per heavy atom. The van der Waals surface area contributed by atoms with Crippen molar-refractivity contribution in [2.24, 2.45) is 0 Å². The third kappa shape index (κ3) is 3.79. The van der Waals surface area contributed by atoms with Gasteiger partial charge in [0.15, 0.2) is 0 Å². The number of nitrogens with one attached hydrogen (secondary N) is 2. The molecule has 0 aliphatic carbocycles. The van der Waals surface area contributed by atoms with Crippen molar-refractivity contribution in [3.05, 3.63) is 88.5 Å². The van der Waals surface area contributed by atoms with E-state index in [1.165, 1.54) is 7.11 Å². The number of pyridine rings is 1. The fraction of sp³-hybridized carbons (Fsp3) is 0.0800. The number of fused-ring (bicyclic) bond motifs is 1. The number of aryl methyl sites for hydroxylation is 1. The zero-order valence-electron chi connectivity index (χ0n) is 18.3. The van der Waals surface area contributed by atoms with Crippen LogP contribution in [0.15, 0.2) is 76.2 Å². The number of carbonyl (C=O) groups excluding carboxylic acids is 1. The average molecular weight is 453 g/mol. The summed E-state index contributed by atoms with van der Waals surface area (Å²) in [5.41, 5.74) is 3.10. The molecule has 2 N–H and O–H groups in total. The molecule has 0 atom stereocenters. The fourth-order valence-corrected chi connectivity index (χ4v) is 3.73. The van der Waals surface area contributed by atoms with E-state index < -0.39 is 0 Å². The number of rotatable bonds is 5. The van der Waals surface area contributed by atoms with Gasteiger partial charge >= 0.3 is 0 Å². The number of hydrogen-bond acceptors (Lipinski definition) is 7. The van der Waals surface area contributed by atoms with Crippen LogP contribution in [0.25, 0.3) is 33.3 Å². The number of carbonyl (C=O) groups is 1. The molecule has 0 radical (unpaired) electrons. The van der Waals surface area contributed by atoms with Crippen molar-refractivity contribution in [2.45, 2.75) is 6.92 Å². The summed E-state index contributed by atoms with van der Waals surface area (Å²) in [6, 6.07) is 18.2. The van der Waals surface area contributed by atoms with Crippen LogP contribution in [0.5, 0.6) is 5.88 Å². The molecule has 0 unspecified atom stereocenters. The van der Waals surface area contributed by atoms with Gasteiger partial charge in [-0.05, 0) is 31.2 Å². The lowest BCUT2D eigenvalue weighted by Gasteiger charge is -2.11. The number of hydrogen-bond donors (Lipinski definition) is 2. The molecule has 0 spiro atoms. The Balaban J connectivity index is 1.47. The number of aromatic nitrogens is 4. The minimum atomic E-state index is -0.388. The largest absolute Gasteiger partial charge is 0.479 e. The predicted octanol–water partition coefficient (Wildman–Crippen LogP) is 4.21. The SMILES string of the molecule is COc1nc(-c2ccc3c(=O)[nH]ncc3c2)ccc1NC(=O)c1c(-c2ccccc2)noc1C. The number of ether oxygens (including phenoxy) is 1. The highest BCUT2D eigenvalue weighted by molar-refractivity contribution is 6.09. The highest BCUT2D eigenvalue weighted by Crippen LogP contribution is 2.30. The second-order valence-electron chi connectivity index (χ2n) is 7.54. The molecular formula is C25H19N5O4. The fourth-order valence-electron chi connectivity index (χ4n) is 3.73. The summed E-state index contributed by atoms with van der Waals surface area (Å²) < 4.78 is 10.7. The van der Waals surface area contributed by atoms with E-state index in [2.05, 4.69) is 25.7 Å². The summed E-state index contributed by atoms with van der Waals surface area (Å²) in [5.74, 6) is 0.256. The number of nitrogens with zero attached hydrogens (tertiary/aromatic N) is 3. The monoisotopic (exact) mass is 453 g/mol. The van der Waals surface area contributed by atoms with Gasteiger partial charge in [0.2, 0.25) is 5.88 Å². The molecule has 0 bridgehead atoms. The van der Waals surface area contributed by atoms with E-state index in [0.717, 1.165) is 11.1 Å². The summed E-state index contributed by atoms with van der Waals surface area (Å²) in [6.45, 7) is 1.69. The van der Waals surface area contributed by atoms with E-state index >= 15 is 0 Å². The van der Waals surface area contributed by atoms with Gasteiger partial charge in [0.25, 0.3) is 11.5 Å². The third-order valence-corrected chi connectivity index (χ3v) is 5.40. The Morgan fingerprint density at radius 1 is 1.06 bits per heavy atom. The smallest absolute Gasteiger partial charge is 0.272 e. The van der Waals surface area contributed by atoms with Gasteiger partial charge in [0.1, 0.15) is 22.7 Å². The molecule has 2 aromatic carbocycles. The first-order chi connectivity index (χ1) is 16.5. The van der Waals surface area contributed by atoms with Crippen LogP contribution < -0.4 is 15.6 Å². The van der Waals surface area contributed by atoms with Crippen molar-refractivity contribution in [3.63, 3.8) is 0 Å². The van der Waals surface area contributed by atoms with Crippen molar-refractivity contribution < 1.29 is 14.1 Å². The first kappa shape index (κ1) is 21.1. The van der Waals surface area contributed by atoms with Crippen LogP contribution in [0.1, 0.15) is 16.1 Å². The lowest BCUT2D eigenvalue weighted by atomic mass is 10.1. The lowest BCUT2D eigenvalue weighted by molar-refractivity contribution is 0.102. The topological polar surface area (TPSA) is 123 Å². The quantitative estimate of drug-likeness (QED) is 0.409. The Morgan fingerprint density at radius 2 is 1.88 bits per heavy atom. The maximum atomic E-state index is 13.2. The third-order valence-electron chi connectivity index (χ3n) is 5.40. The van der Waals surface area contributed by atoms with Gasteiger partial charge in [-0.25, -0.2) is 10.1 Å². The van der Waals surface area contributed by atoms with E-state index in [-0.39, 0.29) is 17.3 Å². The Bertz CT molecular complexity index is 1570. The predicted molar refractivity (Wildman–Crippen MR) is 127 cm³/mol. The second kappa shape index (κ2) is 8.62. The molecule has 0 fully saturated rings. The first-order valence-corrected chi connectivity index (χ1v) is 10.4. The molecule has 3 heterocycles. The van der Waals surface area contributed by atoms with Crippen LogP contribution in [0.3, 0.4) is 0 Å². The Labute approximate surface area is 193 Å². The molecule has 0 aliphatic rings. The van der Waals surface area contributed by atoms with Gasteiger partial charge in [-0.3, -0.25) is 9.59 Å². The van der Waals surface area contributed by atoms with Gasteiger partial charge in [-0.15, -0.1) is 0 Å². The molecule has 1 amide bonds. The van der Waals surface area contributed by atoms with Crippen LogP contribution in [0.2, 0.25) is 0 Å². The van der Waals surface area contributed by atoms with E-state index in [9.17, 15) is 9.59 Å². The van der Waals surface area contributed by atoms with Crippen molar-refractivity contribution in [1.29, 1.82) is 0 Å². The Hall–Kier alpha value is -4.79. The molecule has 34 heavy (non-hydrogen) atoms. The zero-order chi connectivity index (χ0) is 23.7. The molecule has 0 saturated heterocycles. The summed E-state index contributed by atoms with van der Waals surface area (Å²) in [5, 5.41) is 14.4. The highest BCUT2D eigenvalue weighted by Gasteiger charge is 2.23. The van der Waals surface area contributed by atoms with Crippen LogP contribution in [-0.4, -0.2) is 33.4 Å². The van der Waals surface area contributed by atoms with Gasteiger partial charge in [-0.1, -0.05) is 41.6 Å². The summed E-state index contributed by atoms with van der Waals surface area (Å²) >= 11 is 0. The van der Waals surface area contributed by atoms with Gasteiger partial charge in [-0.2, -0.15) is 5.10 Å². The number of methoxy groups -OCH3 is 1. The molecule has 3 aromatic heterocycles. The second-order valence-corrected chi connectivity index (χ2v) is 7.54. The Kier molecular flexibility index (Phi) is 5.35. The van der Waals surface area contributed by atoms with Crippen molar-refractivity contribution in [1.82, 2.24) is 20.3 Å². The number of anilines is 1. The number of H-pyrrole nitrogens is 1. The maximum absolute atomic E-state index is 13.2. The normalized spacial score (nSPS) is 10.9. The molecular weight excluding hydrogens is 434 g/mol. The summed E-state index contributed by atoms with van der Waals surface area (Å²) in [7, 11) is 1.48.